The first-order valence-electron chi connectivity index (χ1n) is 6.48. The van der Waals surface area contributed by atoms with Crippen molar-refractivity contribution in [3.05, 3.63) is 15.8 Å². The van der Waals surface area contributed by atoms with Crippen LogP contribution in [0.5, 0.6) is 0 Å². The average molecular weight is 252 g/mol. The molecule has 1 aliphatic rings. The first-order chi connectivity index (χ1) is 8.50. The quantitative estimate of drug-likeness (QED) is 0.624. The molecule has 18 heavy (non-hydrogen) atoms. The van der Waals surface area contributed by atoms with Gasteiger partial charge < -0.3 is 5.32 Å². The predicted molar refractivity (Wildman–Crippen MR) is 69.8 cm³/mol. The Morgan fingerprint density at radius 1 is 1.56 bits per heavy atom. The Bertz CT molecular complexity index is 449. The molecule has 6 nitrogen and oxygen atoms in total. The van der Waals surface area contributed by atoms with E-state index in [-0.39, 0.29) is 16.7 Å². The monoisotopic (exact) mass is 252 g/mol. The second-order valence-electron chi connectivity index (χ2n) is 5.24. The lowest BCUT2D eigenvalue weighted by Crippen LogP contribution is -2.12. The summed E-state index contributed by atoms with van der Waals surface area (Å²) >= 11 is 0. The maximum absolute atomic E-state index is 11.1. The zero-order valence-corrected chi connectivity index (χ0v) is 11.1. The number of hydrogen-bond donors (Lipinski definition) is 1. The minimum atomic E-state index is -0.347. The normalized spacial score (nSPS) is 15.1. The van der Waals surface area contributed by atoms with Crippen molar-refractivity contribution in [2.24, 2.45) is 5.92 Å². The summed E-state index contributed by atoms with van der Waals surface area (Å²) in [7, 11) is 0. The van der Waals surface area contributed by atoms with E-state index < -0.39 is 0 Å². The smallest absolute Gasteiger partial charge is 0.333 e. The molecule has 6 heteroatoms. The minimum absolute atomic E-state index is 0.111. The van der Waals surface area contributed by atoms with Crippen molar-refractivity contribution in [3.63, 3.8) is 0 Å². The van der Waals surface area contributed by atoms with Crippen LogP contribution in [0.25, 0.3) is 0 Å². The van der Waals surface area contributed by atoms with Gasteiger partial charge in [0.1, 0.15) is 5.69 Å². The van der Waals surface area contributed by atoms with Gasteiger partial charge >= 0.3 is 5.69 Å². The Hall–Kier alpha value is -1.59. The van der Waals surface area contributed by atoms with Crippen LogP contribution >= 0.6 is 0 Å². The van der Waals surface area contributed by atoms with E-state index in [9.17, 15) is 10.1 Å². The van der Waals surface area contributed by atoms with Crippen LogP contribution in [0.1, 0.15) is 44.8 Å². The summed E-state index contributed by atoms with van der Waals surface area (Å²) in [4.78, 5) is 10.8. The predicted octanol–water partition coefficient (Wildman–Crippen LogP) is 2.89. The zero-order valence-electron chi connectivity index (χ0n) is 11.1. The fourth-order valence-corrected chi connectivity index (χ4v) is 2.10. The molecule has 1 aliphatic carbocycles. The fraction of sp³-hybridized carbons (Fsp3) is 0.750. The topological polar surface area (TPSA) is 73.0 Å². The van der Waals surface area contributed by atoms with Gasteiger partial charge in [0, 0.05) is 12.6 Å². The third-order valence-corrected chi connectivity index (χ3v) is 3.27. The molecular formula is C12H20N4O2. The Morgan fingerprint density at radius 3 is 2.72 bits per heavy atom. The highest BCUT2D eigenvalue weighted by atomic mass is 16.6. The summed E-state index contributed by atoms with van der Waals surface area (Å²) in [5.74, 6) is 1.36. The van der Waals surface area contributed by atoms with E-state index in [0.717, 1.165) is 18.9 Å². The zero-order chi connectivity index (χ0) is 13.3. The molecule has 0 aromatic carbocycles. The van der Waals surface area contributed by atoms with Crippen LogP contribution in [-0.2, 0) is 0 Å². The average Bonchev–Trinajstić information content (AvgIpc) is 3.01. The van der Waals surface area contributed by atoms with Crippen LogP contribution in [-0.4, -0.2) is 21.2 Å². The van der Waals surface area contributed by atoms with Gasteiger partial charge in [-0.15, -0.1) is 0 Å². The Balaban J connectivity index is 2.19. The third kappa shape index (κ3) is 2.63. The van der Waals surface area contributed by atoms with Crippen LogP contribution < -0.4 is 5.32 Å². The van der Waals surface area contributed by atoms with Crippen molar-refractivity contribution in [2.45, 2.75) is 46.1 Å². The molecule has 1 heterocycles. The van der Waals surface area contributed by atoms with Gasteiger partial charge in [0.2, 0.25) is 5.82 Å². The van der Waals surface area contributed by atoms with Gasteiger partial charge in [-0.3, -0.25) is 10.1 Å². The van der Waals surface area contributed by atoms with Crippen molar-refractivity contribution in [2.75, 3.05) is 11.9 Å². The van der Waals surface area contributed by atoms with Gasteiger partial charge in [-0.1, -0.05) is 12.8 Å². The first-order valence-corrected chi connectivity index (χ1v) is 6.48. The summed E-state index contributed by atoms with van der Waals surface area (Å²) in [5, 5.41) is 18.6. The highest BCUT2D eigenvalue weighted by molar-refractivity contribution is 5.59. The number of nitrogens with zero attached hydrogens (tertiary/aromatic N) is 3. The van der Waals surface area contributed by atoms with Crippen LogP contribution in [0.2, 0.25) is 0 Å². The molecule has 0 aliphatic heterocycles. The molecule has 0 atom stereocenters. The summed E-state index contributed by atoms with van der Waals surface area (Å²) in [5.41, 5.74) is 0.585. The highest BCUT2D eigenvalue weighted by Gasteiger charge is 2.27. The standard InChI is InChI=1S/C12H20N4O2/c1-8(2)15-12(13-7-6-10-4-5-10)11(16(17)18)9(3)14-15/h8,10,13H,4-7H2,1-3H3. The van der Waals surface area contributed by atoms with Crippen molar-refractivity contribution >= 4 is 11.5 Å². The van der Waals surface area contributed by atoms with Gasteiger partial charge in [-0.25, -0.2) is 4.68 Å². The van der Waals surface area contributed by atoms with Crippen molar-refractivity contribution < 1.29 is 4.92 Å². The molecule has 1 saturated carbocycles. The molecule has 0 saturated heterocycles. The molecule has 0 bridgehead atoms. The molecule has 0 amide bonds. The maximum atomic E-state index is 11.1. The van der Waals surface area contributed by atoms with Crippen LogP contribution in [0, 0.1) is 23.0 Å². The number of aromatic nitrogens is 2. The van der Waals surface area contributed by atoms with E-state index in [2.05, 4.69) is 10.4 Å². The molecule has 0 unspecified atom stereocenters. The van der Waals surface area contributed by atoms with Crippen molar-refractivity contribution in [1.82, 2.24) is 9.78 Å². The Labute approximate surface area is 107 Å². The number of hydrogen-bond acceptors (Lipinski definition) is 4. The van der Waals surface area contributed by atoms with Crippen molar-refractivity contribution in [1.29, 1.82) is 0 Å². The Kier molecular flexibility index (Phi) is 3.54. The van der Waals surface area contributed by atoms with E-state index in [0.29, 0.717) is 11.5 Å². The fourth-order valence-electron chi connectivity index (χ4n) is 2.10. The second-order valence-corrected chi connectivity index (χ2v) is 5.24. The number of nitrogens with one attached hydrogen (secondary N) is 1. The van der Waals surface area contributed by atoms with Crippen LogP contribution in [0.3, 0.4) is 0 Å². The van der Waals surface area contributed by atoms with Gasteiger partial charge in [0.05, 0.1) is 4.92 Å². The molecule has 0 spiro atoms. The van der Waals surface area contributed by atoms with E-state index >= 15 is 0 Å². The largest absolute Gasteiger partial charge is 0.365 e. The lowest BCUT2D eigenvalue weighted by Gasteiger charge is -2.11. The Morgan fingerprint density at radius 2 is 2.22 bits per heavy atom. The van der Waals surface area contributed by atoms with E-state index in [1.54, 1.807) is 11.6 Å². The van der Waals surface area contributed by atoms with E-state index in [1.807, 2.05) is 13.8 Å². The van der Waals surface area contributed by atoms with Gasteiger partial charge in [0.15, 0.2) is 0 Å². The molecule has 1 fully saturated rings. The second kappa shape index (κ2) is 4.96. The number of anilines is 1. The lowest BCUT2D eigenvalue weighted by molar-refractivity contribution is -0.384. The van der Waals surface area contributed by atoms with Crippen LogP contribution in [0.15, 0.2) is 0 Å². The number of rotatable bonds is 6. The SMILES string of the molecule is Cc1nn(C(C)C)c(NCCC2CC2)c1[N+](=O)[O-]. The molecule has 100 valence electrons. The summed E-state index contributed by atoms with van der Waals surface area (Å²) in [6.07, 6.45) is 3.68. The molecule has 0 radical (unpaired) electrons. The minimum Gasteiger partial charge on any atom is -0.365 e. The van der Waals surface area contributed by atoms with E-state index in [1.165, 1.54) is 12.8 Å². The van der Waals surface area contributed by atoms with Crippen molar-refractivity contribution in [3.8, 4) is 0 Å². The third-order valence-electron chi connectivity index (χ3n) is 3.27. The summed E-state index contributed by atoms with van der Waals surface area (Å²) in [6.45, 7) is 6.41. The first kappa shape index (κ1) is 12.9. The summed E-state index contributed by atoms with van der Waals surface area (Å²) in [6, 6.07) is 0.112. The highest BCUT2D eigenvalue weighted by Crippen LogP contribution is 2.34. The number of nitro groups is 1. The lowest BCUT2D eigenvalue weighted by atomic mass is 10.3. The van der Waals surface area contributed by atoms with Crippen LogP contribution in [0.4, 0.5) is 11.5 Å². The summed E-state index contributed by atoms with van der Waals surface area (Å²) < 4.78 is 1.71. The van der Waals surface area contributed by atoms with Gasteiger partial charge in [0.25, 0.3) is 0 Å². The number of aryl methyl sites for hydroxylation is 1. The maximum Gasteiger partial charge on any atom is 0.333 e. The molecule has 1 N–H and O–H groups in total. The van der Waals surface area contributed by atoms with E-state index in [4.69, 9.17) is 0 Å². The molecule has 2 rings (SSSR count). The van der Waals surface area contributed by atoms with Gasteiger partial charge in [-0.05, 0) is 33.1 Å². The molecular weight excluding hydrogens is 232 g/mol. The van der Waals surface area contributed by atoms with Gasteiger partial charge in [-0.2, -0.15) is 5.10 Å². The molecule has 1 aromatic heterocycles. The molecule has 1 aromatic rings.